The van der Waals surface area contributed by atoms with E-state index >= 15 is 0 Å². The van der Waals surface area contributed by atoms with E-state index in [1.54, 1.807) is 0 Å². The third kappa shape index (κ3) is 2.26. The SMILES string of the molecule is CCCn1cncc1Cn1ccc(C)n1. The Morgan fingerprint density at radius 2 is 2.27 bits per heavy atom. The summed E-state index contributed by atoms with van der Waals surface area (Å²) in [4.78, 5) is 4.17. The molecule has 0 saturated carbocycles. The van der Waals surface area contributed by atoms with Crippen molar-refractivity contribution in [2.75, 3.05) is 0 Å². The van der Waals surface area contributed by atoms with Crippen LogP contribution in [0.1, 0.15) is 24.7 Å². The second kappa shape index (κ2) is 4.29. The van der Waals surface area contributed by atoms with Crippen molar-refractivity contribution >= 4 is 0 Å². The Labute approximate surface area is 89.6 Å². The van der Waals surface area contributed by atoms with Crippen LogP contribution >= 0.6 is 0 Å². The maximum absolute atomic E-state index is 4.36. The molecule has 2 aromatic heterocycles. The highest BCUT2D eigenvalue weighted by Gasteiger charge is 2.02. The Kier molecular flexibility index (Phi) is 2.85. The normalized spacial score (nSPS) is 10.8. The maximum Gasteiger partial charge on any atom is 0.0948 e. The number of hydrogen-bond donors (Lipinski definition) is 0. The van der Waals surface area contributed by atoms with Crippen LogP contribution in [0.4, 0.5) is 0 Å². The first-order valence-electron chi connectivity index (χ1n) is 5.28. The summed E-state index contributed by atoms with van der Waals surface area (Å²) >= 11 is 0. The van der Waals surface area contributed by atoms with E-state index in [2.05, 4.69) is 21.6 Å². The third-order valence-corrected chi connectivity index (χ3v) is 2.36. The molecule has 4 nitrogen and oxygen atoms in total. The summed E-state index contributed by atoms with van der Waals surface area (Å²) in [6.07, 6.45) is 6.92. The van der Waals surface area contributed by atoms with E-state index in [9.17, 15) is 0 Å². The van der Waals surface area contributed by atoms with Crippen LogP contribution in [-0.2, 0) is 13.1 Å². The molecule has 80 valence electrons. The molecular weight excluding hydrogens is 188 g/mol. The third-order valence-electron chi connectivity index (χ3n) is 2.36. The average Bonchev–Trinajstić information content (AvgIpc) is 2.78. The van der Waals surface area contributed by atoms with Crippen LogP contribution in [0, 0.1) is 6.92 Å². The predicted molar refractivity (Wildman–Crippen MR) is 58.6 cm³/mol. The fourth-order valence-corrected chi connectivity index (χ4v) is 1.64. The molecule has 0 unspecified atom stereocenters. The first kappa shape index (κ1) is 9.96. The van der Waals surface area contributed by atoms with Gasteiger partial charge >= 0.3 is 0 Å². The topological polar surface area (TPSA) is 35.6 Å². The number of nitrogens with zero attached hydrogens (tertiary/aromatic N) is 4. The number of aryl methyl sites for hydroxylation is 2. The van der Waals surface area contributed by atoms with Crippen LogP contribution < -0.4 is 0 Å². The molecular formula is C11H16N4. The molecule has 0 N–H and O–H groups in total. The van der Waals surface area contributed by atoms with Crippen molar-refractivity contribution in [1.82, 2.24) is 19.3 Å². The molecule has 0 saturated heterocycles. The summed E-state index contributed by atoms with van der Waals surface area (Å²) in [5.41, 5.74) is 2.26. The summed E-state index contributed by atoms with van der Waals surface area (Å²) in [6, 6.07) is 2.01. The Morgan fingerprint density at radius 1 is 1.40 bits per heavy atom. The molecule has 0 aromatic carbocycles. The van der Waals surface area contributed by atoms with E-state index in [4.69, 9.17) is 0 Å². The lowest BCUT2D eigenvalue weighted by Gasteiger charge is -2.06. The van der Waals surface area contributed by atoms with Crippen molar-refractivity contribution in [2.24, 2.45) is 0 Å². The number of rotatable bonds is 4. The second-order valence-corrected chi connectivity index (χ2v) is 3.73. The van der Waals surface area contributed by atoms with Crippen LogP contribution in [0.5, 0.6) is 0 Å². The van der Waals surface area contributed by atoms with E-state index in [-0.39, 0.29) is 0 Å². The van der Waals surface area contributed by atoms with Gasteiger partial charge in [0.25, 0.3) is 0 Å². The van der Waals surface area contributed by atoms with Gasteiger partial charge in [-0.15, -0.1) is 0 Å². The van der Waals surface area contributed by atoms with Crippen LogP contribution in [0.2, 0.25) is 0 Å². The minimum atomic E-state index is 0.799. The Bertz CT molecular complexity index is 427. The molecule has 2 aromatic rings. The Morgan fingerprint density at radius 3 is 2.93 bits per heavy atom. The Hall–Kier alpha value is -1.58. The zero-order valence-electron chi connectivity index (χ0n) is 9.22. The van der Waals surface area contributed by atoms with Gasteiger partial charge in [0.2, 0.25) is 0 Å². The Balaban J connectivity index is 2.13. The number of hydrogen-bond acceptors (Lipinski definition) is 2. The largest absolute Gasteiger partial charge is 0.333 e. The summed E-state index contributed by atoms with van der Waals surface area (Å²) < 4.78 is 4.12. The molecule has 0 fully saturated rings. The summed E-state index contributed by atoms with van der Waals surface area (Å²) in [5.74, 6) is 0. The van der Waals surface area contributed by atoms with Crippen LogP contribution in [0.15, 0.2) is 24.8 Å². The van der Waals surface area contributed by atoms with E-state index in [0.717, 1.165) is 25.2 Å². The van der Waals surface area contributed by atoms with E-state index in [1.165, 1.54) is 5.69 Å². The first-order chi connectivity index (χ1) is 7.29. The lowest BCUT2D eigenvalue weighted by atomic mass is 10.4. The van der Waals surface area contributed by atoms with Gasteiger partial charge in [-0.25, -0.2) is 4.98 Å². The van der Waals surface area contributed by atoms with Gasteiger partial charge in [0.1, 0.15) is 0 Å². The van der Waals surface area contributed by atoms with Gasteiger partial charge in [-0.1, -0.05) is 6.92 Å². The molecule has 0 bridgehead atoms. The minimum absolute atomic E-state index is 0.799. The van der Waals surface area contributed by atoms with Gasteiger partial charge in [-0.2, -0.15) is 5.10 Å². The molecule has 0 aliphatic carbocycles. The summed E-state index contributed by atoms with van der Waals surface area (Å²) in [5, 5.41) is 4.36. The molecule has 2 heterocycles. The zero-order valence-corrected chi connectivity index (χ0v) is 9.22. The highest BCUT2D eigenvalue weighted by molar-refractivity contribution is 5.01. The molecule has 0 amide bonds. The van der Waals surface area contributed by atoms with Gasteiger partial charge in [-0.05, 0) is 19.4 Å². The standard InChI is InChI=1S/C11H16N4/c1-3-5-14-9-12-7-11(14)8-15-6-4-10(2)13-15/h4,6-7,9H,3,5,8H2,1-2H3. The average molecular weight is 204 g/mol. The molecule has 0 aliphatic rings. The monoisotopic (exact) mass is 204 g/mol. The lowest BCUT2D eigenvalue weighted by Crippen LogP contribution is -2.07. The first-order valence-corrected chi connectivity index (χ1v) is 5.28. The van der Waals surface area contributed by atoms with Gasteiger partial charge in [0.15, 0.2) is 0 Å². The second-order valence-electron chi connectivity index (χ2n) is 3.73. The predicted octanol–water partition coefficient (Wildman–Crippen LogP) is 1.85. The summed E-state index contributed by atoms with van der Waals surface area (Å²) in [7, 11) is 0. The van der Waals surface area contributed by atoms with Crippen molar-refractivity contribution in [1.29, 1.82) is 0 Å². The minimum Gasteiger partial charge on any atom is -0.333 e. The summed E-state index contributed by atoms with van der Waals surface area (Å²) in [6.45, 7) is 5.99. The van der Waals surface area contributed by atoms with Gasteiger partial charge in [-0.3, -0.25) is 4.68 Å². The van der Waals surface area contributed by atoms with Crippen LogP contribution in [0.3, 0.4) is 0 Å². The fraction of sp³-hybridized carbons (Fsp3) is 0.455. The smallest absolute Gasteiger partial charge is 0.0948 e. The fourth-order valence-electron chi connectivity index (χ4n) is 1.64. The zero-order chi connectivity index (χ0) is 10.7. The maximum atomic E-state index is 4.36. The van der Waals surface area contributed by atoms with Gasteiger partial charge in [0, 0.05) is 12.7 Å². The number of aromatic nitrogens is 4. The van der Waals surface area contributed by atoms with E-state index < -0.39 is 0 Å². The molecule has 4 heteroatoms. The van der Waals surface area contributed by atoms with Crippen molar-refractivity contribution in [3.8, 4) is 0 Å². The van der Waals surface area contributed by atoms with E-state index in [1.807, 2.05) is 36.4 Å². The molecule has 2 rings (SSSR count). The van der Waals surface area contributed by atoms with Crippen molar-refractivity contribution < 1.29 is 0 Å². The van der Waals surface area contributed by atoms with Gasteiger partial charge < -0.3 is 4.57 Å². The molecule has 0 spiro atoms. The van der Waals surface area contributed by atoms with Crippen molar-refractivity contribution in [2.45, 2.75) is 33.4 Å². The molecule has 0 radical (unpaired) electrons. The van der Waals surface area contributed by atoms with Gasteiger partial charge in [0.05, 0.1) is 30.5 Å². The quantitative estimate of drug-likeness (QED) is 0.762. The lowest BCUT2D eigenvalue weighted by molar-refractivity contribution is 0.594. The highest BCUT2D eigenvalue weighted by Crippen LogP contribution is 2.04. The van der Waals surface area contributed by atoms with Crippen LogP contribution in [-0.4, -0.2) is 19.3 Å². The highest BCUT2D eigenvalue weighted by atomic mass is 15.3. The molecule has 0 atom stereocenters. The molecule has 0 aliphatic heterocycles. The van der Waals surface area contributed by atoms with Crippen LogP contribution in [0.25, 0.3) is 0 Å². The molecule has 15 heavy (non-hydrogen) atoms. The van der Waals surface area contributed by atoms with Crippen molar-refractivity contribution in [3.63, 3.8) is 0 Å². The van der Waals surface area contributed by atoms with Crippen molar-refractivity contribution in [3.05, 3.63) is 36.2 Å². The number of imidazole rings is 1. The van der Waals surface area contributed by atoms with E-state index in [0.29, 0.717) is 0 Å².